The Balaban J connectivity index is 1.91. The molecule has 1 saturated carbocycles. The second-order valence-electron chi connectivity index (χ2n) is 6.33. The van der Waals surface area contributed by atoms with Crippen LogP contribution in [-0.4, -0.2) is 18.6 Å². The minimum absolute atomic E-state index is 0.228. The maximum Gasteiger partial charge on any atom is 0.0527 e. The van der Waals surface area contributed by atoms with Crippen LogP contribution in [0.4, 0.5) is 5.69 Å². The van der Waals surface area contributed by atoms with Gasteiger partial charge in [-0.2, -0.15) is 0 Å². The Kier molecular flexibility index (Phi) is 3.53. The molecule has 2 N–H and O–H groups in total. The van der Waals surface area contributed by atoms with Crippen molar-refractivity contribution in [1.29, 1.82) is 0 Å². The lowest BCUT2D eigenvalue weighted by Gasteiger charge is -2.48. The van der Waals surface area contributed by atoms with Crippen LogP contribution in [0.15, 0.2) is 24.3 Å². The summed E-state index contributed by atoms with van der Waals surface area (Å²) in [6, 6.07) is 8.89. The second kappa shape index (κ2) is 5.16. The van der Waals surface area contributed by atoms with Gasteiger partial charge in [0.25, 0.3) is 0 Å². The van der Waals surface area contributed by atoms with Gasteiger partial charge >= 0.3 is 0 Å². The van der Waals surface area contributed by atoms with Crippen molar-refractivity contribution in [2.45, 2.75) is 51.0 Å². The highest BCUT2D eigenvalue weighted by molar-refractivity contribution is 5.60. The van der Waals surface area contributed by atoms with Crippen molar-refractivity contribution in [1.82, 2.24) is 0 Å². The van der Waals surface area contributed by atoms with Crippen LogP contribution in [0.2, 0.25) is 0 Å². The summed E-state index contributed by atoms with van der Waals surface area (Å²) in [6.07, 6.45) is 7.79. The van der Waals surface area contributed by atoms with E-state index < -0.39 is 0 Å². The summed E-state index contributed by atoms with van der Waals surface area (Å²) in [5, 5.41) is 0. The van der Waals surface area contributed by atoms with Crippen LogP contribution in [-0.2, 0) is 6.42 Å². The van der Waals surface area contributed by atoms with E-state index in [1.165, 1.54) is 49.8 Å². The third kappa shape index (κ3) is 2.16. The van der Waals surface area contributed by atoms with Gasteiger partial charge in [0.1, 0.15) is 0 Å². The Morgan fingerprint density at radius 3 is 3.00 bits per heavy atom. The SMILES string of the molecule is CCC1CCCC(CN)(N2CCc3ccccc32)C1. The molecular weight excluding hydrogens is 232 g/mol. The lowest BCUT2D eigenvalue weighted by Crippen LogP contribution is -2.56. The summed E-state index contributed by atoms with van der Waals surface area (Å²) in [5.74, 6) is 0.866. The molecule has 2 atom stereocenters. The molecule has 1 aromatic rings. The van der Waals surface area contributed by atoms with Gasteiger partial charge in [-0.1, -0.05) is 44.4 Å². The molecule has 0 bridgehead atoms. The first-order chi connectivity index (χ1) is 9.29. The highest BCUT2D eigenvalue weighted by atomic mass is 15.2. The predicted molar refractivity (Wildman–Crippen MR) is 81.5 cm³/mol. The lowest BCUT2D eigenvalue weighted by atomic mass is 9.73. The van der Waals surface area contributed by atoms with Gasteiger partial charge in [-0.3, -0.25) is 0 Å². The second-order valence-corrected chi connectivity index (χ2v) is 6.33. The van der Waals surface area contributed by atoms with Crippen LogP contribution in [0.5, 0.6) is 0 Å². The van der Waals surface area contributed by atoms with Crippen molar-refractivity contribution in [3.8, 4) is 0 Å². The summed E-state index contributed by atoms with van der Waals surface area (Å²) < 4.78 is 0. The van der Waals surface area contributed by atoms with Crippen molar-refractivity contribution in [2.75, 3.05) is 18.0 Å². The largest absolute Gasteiger partial charge is 0.364 e. The van der Waals surface area contributed by atoms with Gasteiger partial charge in [0.05, 0.1) is 5.54 Å². The van der Waals surface area contributed by atoms with E-state index in [1.807, 2.05) is 0 Å². The highest BCUT2D eigenvalue weighted by Gasteiger charge is 2.41. The Morgan fingerprint density at radius 2 is 2.21 bits per heavy atom. The number of para-hydroxylation sites is 1. The maximum atomic E-state index is 6.25. The summed E-state index contributed by atoms with van der Waals surface area (Å²) >= 11 is 0. The Labute approximate surface area is 117 Å². The molecule has 2 heteroatoms. The van der Waals surface area contributed by atoms with E-state index in [2.05, 4.69) is 36.1 Å². The van der Waals surface area contributed by atoms with Crippen molar-refractivity contribution in [2.24, 2.45) is 11.7 Å². The number of rotatable bonds is 3. The number of nitrogens with zero attached hydrogens (tertiary/aromatic N) is 1. The van der Waals surface area contributed by atoms with Gasteiger partial charge in [0.2, 0.25) is 0 Å². The molecule has 1 aliphatic heterocycles. The molecule has 2 unspecified atom stereocenters. The third-order valence-corrected chi connectivity index (χ3v) is 5.34. The van der Waals surface area contributed by atoms with Crippen molar-refractivity contribution < 1.29 is 0 Å². The molecule has 1 heterocycles. The van der Waals surface area contributed by atoms with Gasteiger partial charge < -0.3 is 10.6 Å². The van der Waals surface area contributed by atoms with E-state index in [9.17, 15) is 0 Å². The monoisotopic (exact) mass is 258 g/mol. The first-order valence-corrected chi connectivity index (χ1v) is 7.85. The number of fused-ring (bicyclic) bond motifs is 1. The molecular formula is C17H26N2. The topological polar surface area (TPSA) is 29.3 Å². The number of anilines is 1. The van der Waals surface area contributed by atoms with Gasteiger partial charge in [0, 0.05) is 18.8 Å². The van der Waals surface area contributed by atoms with E-state index in [1.54, 1.807) is 0 Å². The average molecular weight is 258 g/mol. The van der Waals surface area contributed by atoms with Gasteiger partial charge in [-0.15, -0.1) is 0 Å². The normalized spacial score (nSPS) is 30.4. The minimum Gasteiger partial charge on any atom is -0.364 e. The molecule has 0 aromatic heterocycles. The number of nitrogens with two attached hydrogens (primary N) is 1. The first kappa shape index (κ1) is 13.0. The summed E-state index contributed by atoms with van der Waals surface area (Å²) in [4.78, 5) is 2.64. The van der Waals surface area contributed by atoms with Crippen molar-refractivity contribution in [3.63, 3.8) is 0 Å². The van der Waals surface area contributed by atoms with E-state index in [-0.39, 0.29) is 5.54 Å². The standard InChI is InChI=1S/C17H26N2/c1-2-14-6-5-10-17(12-14,13-18)19-11-9-15-7-3-4-8-16(15)19/h3-4,7-8,14H,2,5-6,9-13,18H2,1H3. The Hall–Kier alpha value is -1.02. The van der Waals surface area contributed by atoms with Gasteiger partial charge in [-0.25, -0.2) is 0 Å². The Bertz CT molecular complexity index is 443. The molecule has 2 nitrogen and oxygen atoms in total. The maximum absolute atomic E-state index is 6.25. The zero-order chi connectivity index (χ0) is 13.3. The molecule has 0 amide bonds. The van der Waals surface area contributed by atoms with E-state index in [0.717, 1.165) is 19.0 Å². The van der Waals surface area contributed by atoms with E-state index in [4.69, 9.17) is 5.73 Å². The van der Waals surface area contributed by atoms with Crippen molar-refractivity contribution >= 4 is 5.69 Å². The zero-order valence-electron chi connectivity index (χ0n) is 12.1. The number of hydrogen-bond acceptors (Lipinski definition) is 2. The summed E-state index contributed by atoms with van der Waals surface area (Å²) in [6.45, 7) is 4.29. The van der Waals surface area contributed by atoms with E-state index >= 15 is 0 Å². The molecule has 0 spiro atoms. The van der Waals surface area contributed by atoms with Crippen LogP contribution < -0.4 is 10.6 Å². The molecule has 1 fully saturated rings. The molecule has 104 valence electrons. The minimum atomic E-state index is 0.228. The molecule has 0 radical (unpaired) electrons. The van der Waals surface area contributed by atoms with Crippen LogP contribution in [0.25, 0.3) is 0 Å². The molecule has 0 saturated heterocycles. The Morgan fingerprint density at radius 1 is 1.37 bits per heavy atom. The van der Waals surface area contributed by atoms with Crippen LogP contribution in [0.1, 0.15) is 44.6 Å². The molecule has 19 heavy (non-hydrogen) atoms. The number of benzene rings is 1. The fourth-order valence-corrected chi connectivity index (χ4v) is 4.18. The fraction of sp³-hybridized carbons (Fsp3) is 0.647. The number of hydrogen-bond donors (Lipinski definition) is 1. The zero-order valence-corrected chi connectivity index (χ0v) is 12.1. The lowest BCUT2D eigenvalue weighted by molar-refractivity contribution is 0.214. The van der Waals surface area contributed by atoms with Crippen LogP contribution in [0.3, 0.4) is 0 Å². The smallest absolute Gasteiger partial charge is 0.0527 e. The predicted octanol–water partition coefficient (Wildman–Crippen LogP) is 3.35. The van der Waals surface area contributed by atoms with Crippen LogP contribution >= 0.6 is 0 Å². The van der Waals surface area contributed by atoms with Crippen LogP contribution in [0, 0.1) is 5.92 Å². The summed E-state index contributed by atoms with van der Waals surface area (Å²) in [7, 11) is 0. The molecule has 3 rings (SSSR count). The van der Waals surface area contributed by atoms with Gasteiger partial charge in [-0.05, 0) is 36.8 Å². The third-order valence-electron chi connectivity index (χ3n) is 5.34. The fourth-order valence-electron chi connectivity index (χ4n) is 4.18. The van der Waals surface area contributed by atoms with E-state index in [0.29, 0.717) is 0 Å². The molecule has 1 aromatic carbocycles. The van der Waals surface area contributed by atoms with Crippen molar-refractivity contribution in [3.05, 3.63) is 29.8 Å². The molecule has 2 aliphatic rings. The molecule has 1 aliphatic carbocycles. The van der Waals surface area contributed by atoms with Gasteiger partial charge in [0.15, 0.2) is 0 Å². The highest BCUT2D eigenvalue weighted by Crippen LogP contribution is 2.43. The first-order valence-electron chi connectivity index (χ1n) is 7.85. The average Bonchev–Trinajstić information content (AvgIpc) is 2.91. The quantitative estimate of drug-likeness (QED) is 0.901. The summed E-state index contributed by atoms with van der Waals surface area (Å²) in [5.41, 5.74) is 9.44.